The minimum absolute atomic E-state index is 0.524. The zero-order chi connectivity index (χ0) is 15.1. The summed E-state index contributed by atoms with van der Waals surface area (Å²) in [5.74, 6) is 5.64. The van der Waals surface area contributed by atoms with E-state index < -0.39 is 12.0 Å². The van der Waals surface area contributed by atoms with Crippen molar-refractivity contribution in [1.82, 2.24) is 5.01 Å². The van der Waals surface area contributed by atoms with Gasteiger partial charge in [-0.2, -0.15) is 0 Å². The minimum Gasteiger partial charge on any atom is -0.480 e. The maximum Gasteiger partial charge on any atom is 0.326 e. The van der Waals surface area contributed by atoms with E-state index in [2.05, 4.69) is 0 Å². The van der Waals surface area contributed by atoms with Crippen LogP contribution in [-0.4, -0.2) is 28.7 Å². The van der Waals surface area contributed by atoms with Crippen molar-refractivity contribution < 1.29 is 9.90 Å². The lowest BCUT2D eigenvalue weighted by molar-refractivity contribution is -0.141. The van der Waals surface area contributed by atoms with Crippen molar-refractivity contribution in [2.24, 2.45) is 11.8 Å². The summed E-state index contributed by atoms with van der Waals surface area (Å²) < 4.78 is 0. The molecule has 0 aromatic heterocycles. The highest BCUT2D eigenvalue weighted by Gasteiger charge is 2.24. The van der Waals surface area contributed by atoms with Crippen LogP contribution in [-0.2, 0) is 4.79 Å². The van der Waals surface area contributed by atoms with Crippen molar-refractivity contribution in [2.45, 2.75) is 38.1 Å². The molecule has 0 aliphatic heterocycles. The van der Waals surface area contributed by atoms with E-state index in [9.17, 15) is 9.90 Å². The molecule has 4 nitrogen and oxygen atoms in total. The van der Waals surface area contributed by atoms with Crippen LogP contribution < -0.4 is 5.84 Å². The van der Waals surface area contributed by atoms with Gasteiger partial charge in [-0.1, -0.05) is 61.7 Å². The molecule has 1 aromatic carbocycles. The second-order valence-electron chi connectivity index (χ2n) is 5.75. The SMILES string of the molecule is NN(CC1CCCCC1)C(/C=C/c1ccccc1)C(=O)O. The number of rotatable bonds is 6. The number of hydrogen-bond donors (Lipinski definition) is 2. The first-order valence-electron chi connectivity index (χ1n) is 7.64. The van der Waals surface area contributed by atoms with Crippen molar-refractivity contribution >= 4 is 12.0 Å². The van der Waals surface area contributed by atoms with E-state index >= 15 is 0 Å². The van der Waals surface area contributed by atoms with Crippen molar-refractivity contribution in [1.29, 1.82) is 0 Å². The molecule has 1 saturated carbocycles. The van der Waals surface area contributed by atoms with Crippen LogP contribution in [0.15, 0.2) is 36.4 Å². The van der Waals surface area contributed by atoms with Crippen LogP contribution in [0, 0.1) is 5.92 Å². The molecule has 3 N–H and O–H groups in total. The van der Waals surface area contributed by atoms with E-state index in [1.807, 2.05) is 36.4 Å². The van der Waals surface area contributed by atoms with E-state index in [-0.39, 0.29) is 0 Å². The van der Waals surface area contributed by atoms with Gasteiger partial charge in [0.2, 0.25) is 0 Å². The van der Waals surface area contributed by atoms with Crippen molar-refractivity contribution in [2.75, 3.05) is 6.54 Å². The molecule has 1 aliphatic carbocycles. The quantitative estimate of drug-likeness (QED) is 0.624. The first-order valence-corrected chi connectivity index (χ1v) is 7.64. The van der Waals surface area contributed by atoms with Gasteiger partial charge in [-0.15, -0.1) is 0 Å². The van der Waals surface area contributed by atoms with Crippen molar-refractivity contribution in [3.05, 3.63) is 42.0 Å². The Balaban J connectivity index is 1.97. The molecule has 0 radical (unpaired) electrons. The van der Waals surface area contributed by atoms with Crippen LogP contribution in [0.4, 0.5) is 0 Å². The van der Waals surface area contributed by atoms with Crippen LogP contribution in [0.5, 0.6) is 0 Å². The lowest BCUT2D eigenvalue weighted by Gasteiger charge is -2.29. The Morgan fingerprint density at radius 1 is 1.29 bits per heavy atom. The second kappa shape index (κ2) is 7.96. The Bertz CT molecular complexity index is 467. The molecule has 0 spiro atoms. The Labute approximate surface area is 126 Å². The molecular formula is C17H24N2O2. The summed E-state index contributed by atoms with van der Waals surface area (Å²) in [5.41, 5.74) is 0.981. The number of hydrazine groups is 1. The van der Waals surface area contributed by atoms with Crippen molar-refractivity contribution in [3.63, 3.8) is 0 Å². The standard InChI is InChI=1S/C17H24N2O2/c18-19(13-15-9-5-2-6-10-15)16(17(20)21)12-11-14-7-3-1-4-8-14/h1,3-4,7-8,11-12,15-16H,2,5-6,9-10,13,18H2,(H,20,21)/b12-11+. The Kier molecular flexibility index (Phi) is 5.96. The highest BCUT2D eigenvalue weighted by molar-refractivity contribution is 5.77. The van der Waals surface area contributed by atoms with Gasteiger partial charge in [0.05, 0.1) is 0 Å². The fourth-order valence-corrected chi connectivity index (χ4v) is 2.88. The van der Waals surface area contributed by atoms with Crippen LogP contribution in [0.3, 0.4) is 0 Å². The molecule has 1 aromatic rings. The van der Waals surface area contributed by atoms with Gasteiger partial charge in [0.25, 0.3) is 0 Å². The van der Waals surface area contributed by atoms with E-state index in [4.69, 9.17) is 5.84 Å². The van der Waals surface area contributed by atoms with Gasteiger partial charge < -0.3 is 5.11 Å². The summed E-state index contributed by atoms with van der Waals surface area (Å²) in [7, 11) is 0. The van der Waals surface area contributed by atoms with E-state index in [1.54, 1.807) is 6.08 Å². The molecule has 114 valence electrons. The maximum atomic E-state index is 11.4. The van der Waals surface area contributed by atoms with Gasteiger partial charge in [-0.3, -0.25) is 10.6 Å². The lowest BCUT2D eigenvalue weighted by Crippen LogP contribution is -2.47. The molecule has 2 rings (SSSR count). The largest absolute Gasteiger partial charge is 0.480 e. The summed E-state index contributed by atoms with van der Waals surface area (Å²) in [6, 6.07) is 8.90. The lowest BCUT2D eigenvalue weighted by atomic mass is 9.89. The third-order valence-corrected chi connectivity index (χ3v) is 4.07. The molecule has 0 amide bonds. The number of carboxylic acid groups (broad SMARTS) is 1. The first kappa shape index (κ1) is 15.7. The fraction of sp³-hybridized carbons (Fsp3) is 0.471. The van der Waals surface area contributed by atoms with Gasteiger partial charge in [0.15, 0.2) is 0 Å². The second-order valence-corrected chi connectivity index (χ2v) is 5.75. The molecule has 1 aliphatic rings. The Morgan fingerprint density at radius 3 is 2.57 bits per heavy atom. The average Bonchev–Trinajstić information content (AvgIpc) is 2.49. The van der Waals surface area contributed by atoms with Gasteiger partial charge >= 0.3 is 5.97 Å². The molecule has 21 heavy (non-hydrogen) atoms. The molecule has 1 atom stereocenters. The van der Waals surface area contributed by atoms with Crippen LogP contribution in [0.1, 0.15) is 37.7 Å². The molecule has 0 bridgehead atoms. The van der Waals surface area contributed by atoms with Gasteiger partial charge in [-0.05, 0) is 24.3 Å². The molecule has 0 heterocycles. The highest BCUT2D eigenvalue weighted by Crippen LogP contribution is 2.24. The zero-order valence-electron chi connectivity index (χ0n) is 12.3. The van der Waals surface area contributed by atoms with Gasteiger partial charge in [0, 0.05) is 6.54 Å². The van der Waals surface area contributed by atoms with E-state index in [0.29, 0.717) is 12.5 Å². The molecular weight excluding hydrogens is 264 g/mol. The Morgan fingerprint density at radius 2 is 1.95 bits per heavy atom. The number of benzene rings is 1. The van der Waals surface area contributed by atoms with Crippen molar-refractivity contribution in [3.8, 4) is 0 Å². The Hall–Kier alpha value is -1.65. The fourth-order valence-electron chi connectivity index (χ4n) is 2.88. The van der Waals surface area contributed by atoms with E-state index in [0.717, 1.165) is 18.4 Å². The van der Waals surface area contributed by atoms with Gasteiger partial charge in [0.1, 0.15) is 6.04 Å². The summed E-state index contributed by atoms with van der Waals surface area (Å²) in [6.45, 7) is 0.649. The smallest absolute Gasteiger partial charge is 0.326 e. The predicted octanol–water partition coefficient (Wildman–Crippen LogP) is 2.91. The summed E-state index contributed by atoms with van der Waals surface area (Å²) in [6.07, 6.45) is 9.55. The monoisotopic (exact) mass is 288 g/mol. The predicted molar refractivity (Wildman–Crippen MR) is 84.4 cm³/mol. The molecule has 0 saturated heterocycles. The molecule has 1 unspecified atom stereocenters. The number of nitrogens with zero attached hydrogens (tertiary/aromatic N) is 1. The average molecular weight is 288 g/mol. The number of aliphatic carboxylic acids is 1. The van der Waals surface area contributed by atoms with E-state index in [1.165, 1.54) is 24.3 Å². The first-order chi connectivity index (χ1) is 10.2. The van der Waals surface area contributed by atoms with Gasteiger partial charge in [-0.25, -0.2) is 5.01 Å². The number of carboxylic acids is 1. The maximum absolute atomic E-state index is 11.4. The third-order valence-electron chi connectivity index (χ3n) is 4.07. The number of carbonyl (C=O) groups is 1. The van der Waals surface area contributed by atoms with Crippen LogP contribution in [0.25, 0.3) is 6.08 Å². The summed E-state index contributed by atoms with van der Waals surface area (Å²) in [5, 5.41) is 10.8. The zero-order valence-corrected chi connectivity index (χ0v) is 12.3. The minimum atomic E-state index is -0.902. The summed E-state index contributed by atoms with van der Waals surface area (Å²) >= 11 is 0. The summed E-state index contributed by atoms with van der Waals surface area (Å²) in [4.78, 5) is 11.4. The van der Waals surface area contributed by atoms with Crippen LogP contribution in [0.2, 0.25) is 0 Å². The number of hydrogen-bond acceptors (Lipinski definition) is 3. The molecule has 4 heteroatoms. The van der Waals surface area contributed by atoms with Crippen LogP contribution >= 0.6 is 0 Å². The normalized spacial score (nSPS) is 18.2. The molecule has 1 fully saturated rings. The third kappa shape index (κ3) is 4.99. The highest BCUT2D eigenvalue weighted by atomic mass is 16.4. The topological polar surface area (TPSA) is 66.6 Å². The number of nitrogens with two attached hydrogens (primary N) is 1.